The van der Waals surface area contributed by atoms with Crippen LogP contribution in [0, 0.1) is 0 Å². The number of rotatable bonds is 1. The molecule has 0 aliphatic heterocycles. The van der Waals surface area contributed by atoms with Crippen LogP contribution in [-0.4, -0.2) is 7.11 Å². The molecule has 0 N–H and O–H groups in total. The molecule has 8 heavy (non-hydrogen) atoms. The van der Waals surface area contributed by atoms with Crippen molar-refractivity contribution in [1.82, 2.24) is 0 Å². The van der Waals surface area contributed by atoms with E-state index < -0.39 is 6.72 Å². The van der Waals surface area contributed by atoms with Gasteiger partial charge in [0.05, 0.1) is 0 Å². The van der Waals surface area contributed by atoms with Crippen molar-refractivity contribution in [3.8, 4) is 0 Å². The molecule has 0 spiro atoms. The van der Waals surface area contributed by atoms with Crippen LogP contribution < -0.4 is 68.9 Å². The third kappa shape index (κ3) is 15.8. The van der Waals surface area contributed by atoms with E-state index in [2.05, 4.69) is 16.3 Å². The van der Waals surface area contributed by atoms with Gasteiger partial charge in [0.25, 0.3) is 0 Å². The summed E-state index contributed by atoms with van der Waals surface area (Å²) in [5, 5.41) is 0. The molecule has 0 unspecified atom stereocenters. The van der Waals surface area contributed by atoms with Crippen molar-refractivity contribution in [2.75, 3.05) is 7.11 Å². The maximum atomic E-state index is 9.62. The van der Waals surface area contributed by atoms with Crippen molar-refractivity contribution in [2.24, 2.45) is 0 Å². The van der Waals surface area contributed by atoms with Crippen molar-refractivity contribution in [3.63, 3.8) is 0 Å². The molecule has 0 atom stereocenters. The van der Waals surface area contributed by atoms with Gasteiger partial charge in [0.15, 0.2) is 0 Å². The van der Waals surface area contributed by atoms with E-state index in [1.54, 1.807) is 0 Å². The van der Waals surface area contributed by atoms with Gasteiger partial charge >= 0.3 is 59.1 Å². The van der Waals surface area contributed by atoms with Crippen molar-refractivity contribution >= 4 is 18.5 Å². The monoisotopic (exact) mass is 172 g/mol. The predicted molar refractivity (Wildman–Crippen MR) is 21.3 cm³/mol. The third-order valence-electron chi connectivity index (χ3n) is 0.224. The Morgan fingerprint density at radius 3 is 1.50 bits per heavy atom. The summed E-state index contributed by atoms with van der Waals surface area (Å²) in [5.41, 5.74) is 0. The van der Waals surface area contributed by atoms with Crippen LogP contribution in [0.3, 0.4) is 0 Å². The van der Waals surface area contributed by atoms with Gasteiger partial charge in [0.1, 0.15) is 0 Å². The first-order chi connectivity index (χ1) is 2.56. The van der Waals surface area contributed by atoms with Gasteiger partial charge in [-0.2, -0.15) is 0 Å². The largest absolute Gasteiger partial charge is 1.00 e. The summed E-state index contributed by atoms with van der Waals surface area (Å²) >= 11 is 3.76. The van der Waals surface area contributed by atoms with Crippen molar-refractivity contribution in [2.45, 2.75) is 0 Å². The van der Waals surface area contributed by atoms with Crippen LogP contribution in [0.2, 0.25) is 0 Å². The minimum atomic E-state index is -3.81. The Hall–Kier alpha value is 2.53. The van der Waals surface area contributed by atoms with Gasteiger partial charge in [0, 0.05) is 7.11 Å². The smallest absolute Gasteiger partial charge is 0.812 e. The molecule has 38 valence electrons. The number of hydrogen-bond donors (Lipinski definition) is 0. The SMILES string of the molecule is COP([O-])([O-])=S.[Na+].[Na+]. The topological polar surface area (TPSA) is 55.3 Å². The van der Waals surface area contributed by atoms with Crippen molar-refractivity contribution in [3.05, 3.63) is 0 Å². The quantitative estimate of drug-likeness (QED) is 0.291. The summed E-state index contributed by atoms with van der Waals surface area (Å²) in [6.45, 7) is -3.81. The molecule has 0 aliphatic carbocycles. The summed E-state index contributed by atoms with van der Waals surface area (Å²) in [6.07, 6.45) is 0. The standard InChI is InChI=1S/CH5O3PS.2Na/c1-4-5(2,3)6;;/h1H3,(H2,2,3,6);;/q;2*+1/p-2. The Bertz CT molecular complexity index is 81.4. The zero-order valence-electron chi connectivity index (χ0n) is 5.08. The molecule has 0 bridgehead atoms. The molecule has 0 fully saturated rings. The zero-order valence-corrected chi connectivity index (χ0v) is 10.8. The van der Waals surface area contributed by atoms with E-state index in [9.17, 15) is 9.79 Å². The third-order valence-corrected chi connectivity index (χ3v) is 1.12. The Morgan fingerprint density at radius 1 is 1.38 bits per heavy atom. The van der Waals surface area contributed by atoms with Crippen LogP contribution in [0.25, 0.3) is 0 Å². The molecule has 3 nitrogen and oxygen atoms in total. The van der Waals surface area contributed by atoms with Crippen LogP contribution >= 0.6 is 6.72 Å². The molecule has 0 rings (SSSR count). The molecule has 0 aliphatic rings. The minimum Gasteiger partial charge on any atom is -0.812 e. The Labute approximate surface area is 97.6 Å². The second kappa shape index (κ2) is 7.63. The molecular formula is CH3Na2O3PS. The van der Waals surface area contributed by atoms with E-state index in [4.69, 9.17) is 0 Å². The molecule has 7 heteroatoms. The minimum absolute atomic E-state index is 0. The first-order valence-electron chi connectivity index (χ1n) is 1.14. The van der Waals surface area contributed by atoms with Crippen molar-refractivity contribution < 1.29 is 73.4 Å². The van der Waals surface area contributed by atoms with Crippen LogP contribution in [0.15, 0.2) is 0 Å². The molecule has 0 amide bonds. The molecule has 0 saturated carbocycles. The second-order valence-electron chi connectivity index (χ2n) is 0.630. The summed E-state index contributed by atoms with van der Waals surface area (Å²) in [7, 11) is 1.03. The summed E-state index contributed by atoms with van der Waals surface area (Å²) in [6, 6.07) is 0. The van der Waals surface area contributed by atoms with Crippen LogP contribution in [0.5, 0.6) is 0 Å². The van der Waals surface area contributed by atoms with Gasteiger partial charge in [-0.05, 0) is 0 Å². The van der Waals surface area contributed by atoms with Gasteiger partial charge in [-0.1, -0.05) is 6.72 Å². The van der Waals surface area contributed by atoms with Crippen LogP contribution in [0.1, 0.15) is 0 Å². The van der Waals surface area contributed by atoms with E-state index in [1.165, 1.54) is 0 Å². The Balaban J connectivity index is -0.000000125. The summed E-state index contributed by atoms with van der Waals surface area (Å²) < 4.78 is 3.75. The average Bonchev–Trinajstić information content (AvgIpc) is 1.35. The molecule has 0 aromatic carbocycles. The second-order valence-corrected chi connectivity index (χ2v) is 3.23. The molecule has 0 radical (unpaired) electrons. The Kier molecular flexibility index (Phi) is 16.1. The van der Waals surface area contributed by atoms with Crippen LogP contribution in [-0.2, 0) is 16.3 Å². The maximum Gasteiger partial charge on any atom is 1.00 e. The van der Waals surface area contributed by atoms with E-state index in [-0.39, 0.29) is 59.1 Å². The number of hydrogen-bond acceptors (Lipinski definition) is 4. The normalized spacial score (nSPS) is 8.88. The van der Waals surface area contributed by atoms with Crippen LogP contribution in [0.4, 0.5) is 0 Å². The predicted octanol–water partition coefficient (Wildman–Crippen LogP) is -7.41. The average molecular weight is 172 g/mol. The van der Waals surface area contributed by atoms with Gasteiger partial charge in [-0.3, -0.25) is 0 Å². The molecule has 0 aromatic rings. The summed E-state index contributed by atoms with van der Waals surface area (Å²) in [5.74, 6) is 0. The van der Waals surface area contributed by atoms with E-state index in [0.29, 0.717) is 0 Å². The van der Waals surface area contributed by atoms with Gasteiger partial charge in [-0.15, -0.1) is 11.8 Å². The summed E-state index contributed by atoms with van der Waals surface area (Å²) in [4.78, 5) is 19.2. The molecule has 0 aromatic heterocycles. The van der Waals surface area contributed by atoms with E-state index in [0.717, 1.165) is 7.11 Å². The fraction of sp³-hybridized carbons (Fsp3) is 1.00. The first kappa shape index (κ1) is 16.9. The zero-order chi connectivity index (χ0) is 5.21. The fourth-order valence-corrected chi connectivity index (χ4v) is 0. The molecule has 0 saturated heterocycles. The van der Waals surface area contributed by atoms with E-state index >= 15 is 0 Å². The van der Waals surface area contributed by atoms with E-state index in [1.807, 2.05) is 0 Å². The van der Waals surface area contributed by atoms with Gasteiger partial charge < -0.3 is 14.3 Å². The Morgan fingerprint density at radius 2 is 1.50 bits per heavy atom. The first-order valence-corrected chi connectivity index (χ1v) is 3.69. The van der Waals surface area contributed by atoms with Crippen molar-refractivity contribution in [1.29, 1.82) is 0 Å². The van der Waals surface area contributed by atoms with Gasteiger partial charge in [0.2, 0.25) is 0 Å². The fourth-order valence-electron chi connectivity index (χ4n) is 0. The maximum absolute atomic E-state index is 9.62. The molecular weight excluding hydrogens is 169 g/mol. The molecule has 0 heterocycles. The van der Waals surface area contributed by atoms with Gasteiger partial charge in [-0.25, -0.2) is 0 Å².